The largest absolute Gasteiger partial charge is 0.310 e. The zero-order valence-corrected chi connectivity index (χ0v) is 44.3. The summed E-state index contributed by atoms with van der Waals surface area (Å²) in [4.78, 5) is 2.58. The third-order valence-corrected chi connectivity index (χ3v) is 19.8. The number of rotatable bonds is 7. The molecule has 1 spiro atoms. The van der Waals surface area contributed by atoms with Gasteiger partial charge in [0.25, 0.3) is 0 Å². The third kappa shape index (κ3) is 7.18. The van der Waals surface area contributed by atoms with E-state index in [0.717, 1.165) is 5.69 Å². The monoisotopic (exact) mass is 1010 g/mol. The lowest BCUT2D eigenvalue weighted by molar-refractivity contribution is 0.443. The van der Waals surface area contributed by atoms with E-state index in [2.05, 4.69) is 229 Å². The average Bonchev–Trinajstić information content (AvgIpc) is 4.26. The summed E-state index contributed by atoms with van der Waals surface area (Å²) in [7, 11) is 0. The number of nitrogens with zero attached hydrogens (tertiary/aromatic N) is 1. The van der Waals surface area contributed by atoms with Crippen LogP contribution in [0.5, 0.6) is 0 Å². The Bertz CT molecular complexity index is 4250. The number of benzene rings is 11. The first-order valence-electron chi connectivity index (χ1n) is 28.5. The topological polar surface area (TPSA) is 3.24 Å². The number of anilines is 3. The normalized spacial score (nSPS) is 15.8. The van der Waals surface area contributed by atoms with Crippen molar-refractivity contribution in [3.63, 3.8) is 0 Å². The Morgan fingerprint density at radius 2 is 0.870 bits per heavy atom. The molecule has 12 aromatic rings. The van der Waals surface area contributed by atoms with Crippen molar-refractivity contribution in [2.45, 2.75) is 81.5 Å². The Labute approximate surface area is 456 Å². The second kappa shape index (κ2) is 18.0. The third-order valence-electron chi connectivity index (χ3n) is 18.6. The van der Waals surface area contributed by atoms with Crippen LogP contribution in [-0.2, 0) is 5.41 Å². The molecular weight excluding hydrogens is 947 g/mol. The fraction of sp³-hybridized carbons (Fsp3) is 0.173. The average molecular weight is 1010 g/mol. The first kappa shape index (κ1) is 45.2. The lowest BCUT2D eigenvalue weighted by atomic mass is 9.69. The lowest BCUT2D eigenvalue weighted by Crippen LogP contribution is -2.26. The molecule has 1 nitrogen and oxygen atoms in total. The van der Waals surface area contributed by atoms with Gasteiger partial charge in [-0.15, -0.1) is 11.3 Å². The van der Waals surface area contributed by atoms with Crippen LogP contribution in [0, 0.1) is 0 Å². The van der Waals surface area contributed by atoms with Gasteiger partial charge >= 0.3 is 0 Å². The van der Waals surface area contributed by atoms with Crippen molar-refractivity contribution in [2.24, 2.45) is 0 Å². The van der Waals surface area contributed by atoms with Crippen LogP contribution in [0.25, 0.3) is 86.2 Å². The summed E-state index contributed by atoms with van der Waals surface area (Å²) >= 11 is 1.89. The van der Waals surface area contributed by atoms with Crippen LogP contribution in [0.1, 0.15) is 109 Å². The van der Waals surface area contributed by atoms with Crippen molar-refractivity contribution in [2.75, 3.05) is 4.90 Å². The van der Waals surface area contributed by atoms with Gasteiger partial charge in [0, 0.05) is 37.1 Å². The van der Waals surface area contributed by atoms with E-state index in [9.17, 15) is 0 Å². The Morgan fingerprint density at radius 1 is 0.338 bits per heavy atom. The van der Waals surface area contributed by atoms with Crippen molar-refractivity contribution in [3.05, 3.63) is 258 Å². The second-order valence-electron chi connectivity index (χ2n) is 22.8. The Balaban J connectivity index is 0.866. The zero-order chi connectivity index (χ0) is 50.6. The number of hydrogen-bond acceptors (Lipinski definition) is 2. The molecule has 0 unspecified atom stereocenters. The van der Waals surface area contributed by atoms with Gasteiger partial charge in [0.15, 0.2) is 0 Å². The van der Waals surface area contributed by atoms with E-state index in [1.165, 1.54) is 195 Å². The van der Waals surface area contributed by atoms with E-state index in [-0.39, 0.29) is 0 Å². The van der Waals surface area contributed by atoms with Crippen LogP contribution in [0.2, 0.25) is 0 Å². The molecule has 370 valence electrons. The molecule has 2 saturated carbocycles. The van der Waals surface area contributed by atoms with Gasteiger partial charge in [-0.05, 0) is 192 Å². The summed E-state index contributed by atoms with van der Waals surface area (Å²) in [6.07, 6.45) is 13.2. The first-order valence-corrected chi connectivity index (χ1v) is 29.3. The lowest BCUT2D eigenvalue weighted by Gasteiger charge is -2.33. The van der Waals surface area contributed by atoms with E-state index in [4.69, 9.17) is 0 Å². The van der Waals surface area contributed by atoms with Crippen LogP contribution in [0.3, 0.4) is 0 Å². The summed E-state index contributed by atoms with van der Waals surface area (Å²) in [6.45, 7) is 0. The molecule has 4 aliphatic rings. The smallest absolute Gasteiger partial charge is 0.0726 e. The molecule has 1 heterocycles. The molecule has 2 heteroatoms. The first-order chi connectivity index (χ1) is 38.1. The van der Waals surface area contributed by atoms with Gasteiger partial charge in [-0.1, -0.05) is 202 Å². The molecule has 0 atom stereocenters. The van der Waals surface area contributed by atoms with Crippen LogP contribution in [0.4, 0.5) is 17.1 Å². The van der Waals surface area contributed by atoms with Crippen LogP contribution in [-0.4, -0.2) is 0 Å². The van der Waals surface area contributed by atoms with Gasteiger partial charge < -0.3 is 4.90 Å². The highest BCUT2D eigenvalue weighted by Crippen LogP contribution is 2.65. The number of fused-ring (bicyclic) bond motifs is 15. The Morgan fingerprint density at radius 3 is 1.56 bits per heavy atom. The van der Waals surface area contributed by atoms with Crippen LogP contribution < -0.4 is 4.90 Å². The second-order valence-corrected chi connectivity index (χ2v) is 23.9. The fourth-order valence-corrected chi connectivity index (χ4v) is 16.0. The van der Waals surface area contributed by atoms with Gasteiger partial charge in [0.2, 0.25) is 0 Å². The predicted molar refractivity (Wildman–Crippen MR) is 328 cm³/mol. The Kier molecular flexibility index (Phi) is 10.6. The maximum absolute atomic E-state index is 2.69. The van der Waals surface area contributed by atoms with Gasteiger partial charge in [-0.2, -0.15) is 0 Å². The quantitative estimate of drug-likeness (QED) is 0.154. The molecule has 0 aliphatic heterocycles. The highest BCUT2D eigenvalue weighted by atomic mass is 32.1. The zero-order valence-electron chi connectivity index (χ0n) is 43.4. The number of hydrogen-bond donors (Lipinski definition) is 0. The number of thiophene rings is 1. The SMILES string of the molecule is c1ccc2c(c1)-c1c(N(c3ccc(-c4ccc5cc(-c6ccc7ccccc7c6)ccc5c4)cc3)c3ccc4sc5ccccc5c4c3)cccc1C21c2cc(C3CCCCC3)ccc2-c2ccc(C3CCCCC3)cc21. The van der Waals surface area contributed by atoms with Crippen LogP contribution in [0.15, 0.2) is 224 Å². The summed E-state index contributed by atoms with van der Waals surface area (Å²) in [5.41, 5.74) is 22.3. The minimum Gasteiger partial charge on any atom is -0.310 e. The highest BCUT2D eigenvalue weighted by Gasteiger charge is 2.53. The van der Waals surface area contributed by atoms with Crippen LogP contribution >= 0.6 is 11.3 Å². The van der Waals surface area contributed by atoms with Crippen molar-refractivity contribution in [3.8, 4) is 44.5 Å². The van der Waals surface area contributed by atoms with E-state index in [1.54, 1.807) is 0 Å². The molecule has 0 amide bonds. The van der Waals surface area contributed by atoms with E-state index < -0.39 is 5.41 Å². The fourth-order valence-electron chi connectivity index (χ4n) is 14.9. The molecule has 0 bridgehead atoms. The summed E-state index contributed by atoms with van der Waals surface area (Å²) in [6, 6.07) is 87.0. The maximum atomic E-state index is 2.69. The highest BCUT2D eigenvalue weighted by molar-refractivity contribution is 7.25. The van der Waals surface area contributed by atoms with Gasteiger partial charge in [-0.3, -0.25) is 0 Å². The molecule has 2 fully saturated rings. The van der Waals surface area contributed by atoms with E-state index >= 15 is 0 Å². The van der Waals surface area contributed by atoms with Gasteiger partial charge in [0.1, 0.15) is 0 Å². The standard InChI is InChI=1S/C75H59NS/c1-3-14-48(15-4-1)58-34-39-62-63-40-35-59(49-16-5-2-6-17-49)46-70(63)75(69(62)45-58)67-22-11-9-21-65(67)74-68(75)23-13-24-71(74)76(61-38-41-73-66(47-61)64-20-10-12-25-72(64)77-73)60-36-32-51(33-37-60)53-28-29-56-44-57(31-30-55(56)43-53)54-27-26-50-18-7-8-19-52(50)42-54/h7-13,18-49H,1-6,14-17H2. The summed E-state index contributed by atoms with van der Waals surface area (Å²) in [5.74, 6) is 1.22. The minimum atomic E-state index is -0.447. The van der Waals surface area contributed by atoms with E-state index in [1.807, 2.05) is 11.3 Å². The molecule has 0 saturated heterocycles. The summed E-state index contributed by atoms with van der Waals surface area (Å²) in [5, 5.41) is 7.65. The van der Waals surface area contributed by atoms with Gasteiger partial charge in [0.05, 0.1) is 11.1 Å². The molecule has 0 radical (unpaired) electrons. The molecule has 1 aromatic heterocycles. The Hall–Kier alpha value is -8.04. The molecule has 4 aliphatic carbocycles. The van der Waals surface area contributed by atoms with Crippen molar-refractivity contribution < 1.29 is 0 Å². The van der Waals surface area contributed by atoms with Crippen molar-refractivity contribution in [1.82, 2.24) is 0 Å². The molecule has 0 N–H and O–H groups in total. The minimum absolute atomic E-state index is 0.447. The molecule has 77 heavy (non-hydrogen) atoms. The van der Waals surface area contributed by atoms with E-state index in [0.29, 0.717) is 11.8 Å². The molecular formula is C75H59NS. The predicted octanol–water partition coefficient (Wildman–Crippen LogP) is 21.6. The molecule has 11 aromatic carbocycles. The van der Waals surface area contributed by atoms with Crippen molar-refractivity contribution in [1.29, 1.82) is 0 Å². The molecule has 16 rings (SSSR count). The maximum Gasteiger partial charge on any atom is 0.0726 e. The van der Waals surface area contributed by atoms with Gasteiger partial charge in [-0.25, -0.2) is 0 Å². The summed E-state index contributed by atoms with van der Waals surface area (Å²) < 4.78 is 2.64. The van der Waals surface area contributed by atoms with Crippen molar-refractivity contribution >= 4 is 70.1 Å².